The normalized spacial score (nSPS) is 10.0. The number of amides is 2. The molecule has 0 saturated heterocycles. The van der Waals surface area contributed by atoms with Gasteiger partial charge in [0.15, 0.2) is 0 Å². The van der Waals surface area contributed by atoms with Gasteiger partial charge in [0.05, 0.1) is 10.6 Å². The van der Waals surface area contributed by atoms with Crippen LogP contribution in [0.4, 0.5) is 5.69 Å². The van der Waals surface area contributed by atoms with Crippen LogP contribution in [-0.2, 0) is 4.79 Å². The van der Waals surface area contributed by atoms with Crippen LogP contribution < -0.4 is 16.4 Å². The third kappa shape index (κ3) is 4.79. The number of carbonyl (C=O) groups excluding carboxylic acids is 2. The summed E-state index contributed by atoms with van der Waals surface area (Å²) in [4.78, 5) is 23.2. The second kappa shape index (κ2) is 7.63. The Bertz CT molecular complexity index is 443. The fourth-order valence-corrected chi connectivity index (χ4v) is 1.78. The Morgan fingerprint density at radius 2 is 2.00 bits per heavy atom. The van der Waals surface area contributed by atoms with E-state index in [4.69, 9.17) is 17.3 Å². The Morgan fingerprint density at radius 1 is 1.26 bits per heavy atom. The number of anilines is 1. The summed E-state index contributed by atoms with van der Waals surface area (Å²) in [6.45, 7) is 2.87. The largest absolute Gasteiger partial charge is 0.398 e. The molecule has 1 aromatic carbocycles. The molecule has 0 atom stereocenters. The van der Waals surface area contributed by atoms with Crippen molar-refractivity contribution >= 4 is 29.1 Å². The number of rotatable bonds is 6. The maximum atomic E-state index is 11.9. The molecular weight excluding hydrogens is 266 g/mol. The number of nitrogen functional groups attached to an aromatic ring is 1. The number of hydrogen-bond donors (Lipinski definition) is 3. The van der Waals surface area contributed by atoms with Crippen LogP contribution in [0.5, 0.6) is 0 Å². The van der Waals surface area contributed by atoms with Crippen molar-refractivity contribution in [3.63, 3.8) is 0 Å². The zero-order valence-electron chi connectivity index (χ0n) is 10.8. The summed E-state index contributed by atoms with van der Waals surface area (Å²) in [6, 6.07) is 4.88. The van der Waals surface area contributed by atoms with Gasteiger partial charge in [-0.1, -0.05) is 24.6 Å². The van der Waals surface area contributed by atoms with E-state index in [-0.39, 0.29) is 30.3 Å². The highest BCUT2D eigenvalue weighted by atomic mass is 35.5. The van der Waals surface area contributed by atoms with Crippen LogP contribution in [0.25, 0.3) is 0 Å². The molecule has 6 heteroatoms. The van der Waals surface area contributed by atoms with E-state index in [0.717, 1.165) is 6.42 Å². The smallest absolute Gasteiger partial charge is 0.254 e. The second-order valence-corrected chi connectivity index (χ2v) is 4.47. The first-order valence-corrected chi connectivity index (χ1v) is 6.53. The molecule has 0 spiro atoms. The average molecular weight is 284 g/mol. The maximum absolute atomic E-state index is 11.9. The molecule has 2 amide bonds. The number of benzene rings is 1. The molecule has 104 valence electrons. The minimum Gasteiger partial charge on any atom is -0.398 e. The van der Waals surface area contributed by atoms with Gasteiger partial charge in [-0.3, -0.25) is 9.59 Å². The molecule has 0 bridgehead atoms. The molecule has 19 heavy (non-hydrogen) atoms. The molecule has 1 aromatic rings. The van der Waals surface area contributed by atoms with Gasteiger partial charge in [0.25, 0.3) is 5.91 Å². The summed E-state index contributed by atoms with van der Waals surface area (Å²) >= 11 is 5.91. The molecule has 0 unspecified atom stereocenters. The number of halogens is 1. The van der Waals surface area contributed by atoms with Crippen LogP contribution in [0.2, 0.25) is 5.02 Å². The summed E-state index contributed by atoms with van der Waals surface area (Å²) < 4.78 is 0. The Kier molecular flexibility index (Phi) is 6.15. The van der Waals surface area contributed by atoms with Gasteiger partial charge in [-0.05, 0) is 18.6 Å². The van der Waals surface area contributed by atoms with Crippen molar-refractivity contribution in [1.29, 1.82) is 0 Å². The van der Waals surface area contributed by atoms with Gasteiger partial charge in [0, 0.05) is 25.2 Å². The third-order valence-corrected chi connectivity index (χ3v) is 2.80. The minimum absolute atomic E-state index is 0.0886. The monoisotopic (exact) mass is 283 g/mol. The molecule has 0 radical (unpaired) electrons. The van der Waals surface area contributed by atoms with Crippen molar-refractivity contribution in [2.45, 2.75) is 19.8 Å². The first kappa shape index (κ1) is 15.3. The van der Waals surface area contributed by atoms with Gasteiger partial charge < -0.3 is 16.4 Å². The lowest BCUT2D eigenvalue weighted by Gasteiger charge is -2.09. The minimum atomic E-state index is -0.369. The fourth-order valence-electron chi connectivity index (χ4n) is 1.51. The first-order chi connectivity index (χ1) is 9.06. The zero-order valence-corrected chi connectivity index (χ0v) is 11.6. The van der Waals surface area contributed by atoms with E-state index >= 15 is 0 Å². The highest BCUT2D eigenvalue weighted by Crippen LogP contribution is 2.21. The molecule has 0 fully saturated rings. The number of nitrogens with two attached hydrogens (primary N) is 1. The predicted molar refractivity (Wildman–Crippen MR) is 76.1 cm³/mol. The molecule has 0 aromatic heterocycles. The quantitative estimate of drug-likeness (QED) is 0.693. The van der Waals surface area contributed by atoms with E-state index in [1.54, 1.807) is 18.2 Å². The van der Waals surface area contributed by atoms with E-state index in [1.165, 1.54) is 0 Å². The summed E-state index contributed by atoms with van der Waals surface area (Å²) in [5.41, 5.74) is 6.26. The summed E-state index contributed by atoms with van der Waals surface area (Å²) in [5, 5.41) is 5.65. The maximum Gasteiger partial charge on any atom is 0.254 e. The number of carbonyl (C=O) groups is 2. The molecule has 0 aliphatic rings. The lowest BCUT2D eigenvalue weighted by molar-refractivity contribution is -0.120. The van der Waals surface area contributed by atoms with Gasteiger partial charge in [-0.2, -0.15) is 0 Å². The van der Waals surface area contributed by atoms with E-state index in [0.29, 0.717) is 17.3 Å². The van der Waals surface area contributed by atoms with Gasteiger partial charge in [-0.25, -0.2) is 0 Å². The lowest BCUT2D eigenvalue weighted by Crippen LogP contribution is -2.31. The van der Waals surface area contributed by atoms with Crippen LogP contribution in [0.15, 0.2) is 18.2 Å². The zero-order chi connectivity index (χ0) is 14.3. The molecule has 1 rings (SSSR count). The molecule has 5 nitrogen and oxygen atoms in total. The van der Waals surface area contributed by atoms with Crippen LogP contribution in [-0.4, -0.2) is 24.9 Å². The molecule has 4 N–H and O–H groups in total. The van der Waals surface area contributed by atoms with Crippen LogP contribution in [0.3, 0.4) is 0 Å². The van der Waals surface area contributed by atoms with E-state index < -0.39 is 0 Å². The molecule has 0 aliphatic carbocycles. The highest BCUT2D eigenvalue weighted by molar-refractivity contribution is 6.34. The number of nitrogens with one attached hydrogen (secondary N) is 2. The van der Waals surface area contributed by atoms with Crippen LogP contribution in [0, 0.1) is 0 Å². The first-order valence-electron chi connectivity index (χ1n) is 6.15. The Hall–Kier alpha value is -1.75. The molecular formula is C13H18ClN3O2. The average Bonchev–Trinajstić information content (AvgIpc) is 2.36. The Labute approximate surface area is 117 Å². The third-order valence-electron chi connectivity index (χ3n) is 2.48. The van der Waals surface area contributed by atoms with Crippen LogP contribution >= 0.6 is 11.6 Å². The van der Waals surface area contributed by atoms with E-state index in [2.05, 4.69) is 10.6 Å². The predicted octanol–water partition coefficient (Wildman–Crippen LogP) is 1.57. The molecule has 0 saturated carbocycles. The highest BCUT2D eigenvalue weighted by Gasteiger charge is 2.13. The van der Waals surface area contributed by atoms with Gasteiger partial charge in [0.2, 0.25) is 5.91 Å². The van der Waals surface area contributed by atoms with E-state index in [9.17, 15) is 9.59 Å². The summed E-state index contributed by atoms with van der Waals surface area (Å²) in [7, 11) is 0. The fraction of sp³-hybridized carbons (Fsp3) is 0.385. The van der Waals surface area contributed by atoms with Crippen molar-refractivity contribution in [3.8, 4) is 0 Å². The molecule has 0 heterocycles. The second-order valence-electron chi connectivity index (χ2n) is 4.06. The number of hydrogen-bond acceptors (Lipinski definition) is 3. The lowest BCUT2D eigenvalue weighted by atomic mass is 10.1. The summed E-state index contributed by atoms with van der Waals surface area (Å²) in [6.07, 6.45) is 1.12. The van der Waals surface area contributed by atoms with E-state index in [1.807, 2.05) is 6.92 Å². The molecule has 0 aliphatic heterocycles. The summed E-state index contributed by atoms with van der Waals surface area (Å²) in [5.74, 6) is -0.458. The van der Waals surface area contributed by atoms with Crippen molar-refractivity contribution in [1.82, 2.24) is 10.6 Å². The standard InChI is InChI=1S/C13H18ClN3O2/c1-2-7-16-11(18)6-8-17-13(19)12-9(14)4-3-5-10(12)15/h3-5H,2,6-8,15H2,1H3,(H,16,18)(H,17,19). The van der Waals surface area contributed by atoms with Gasteiger partial charge in [0.1, 0.15) is 0 Å². The van der Waals surface area contributed by atoms with Gasteiger partial charge >= 0.3 is 0 Å². The van der Waals surface area contributed by atoms with Crippen molar-refractivity contribution in [2.75, 3.05) is 18.8 Å². The van der Waals surface area contributed by atoms with Gasteiger partial charge in [-0.15, -0.1) is 0 Å². The topological polar surface area (TPSA) is 84.2 Å². The Balaban J connectivity index is 2.46. The van der Waals surface area contributed by atoms with Crippen molar-refractivity contribution in [3.05, 3.63) is 28.8 Å². The Morgan fingerprint density at radius 3 is 2.63 bits per heavy atom. The van der Waals surface area contributed by atoms with Crippen molar-refractivity contribution in [2.24, 2.45) is 0 Å². The van der Waals surface area contributed by atoms with Crippen LogP contribution in [0.1, 0.15) is 30.1 Å². The SMILES string of the molecule is CCCNC(=O)CCNC(=O)c1c(N)cccc1Cl. The van der Waals surface area contributed by atoms with Crippen molar-refractivity contribution < 1.29 is 9.59 Å².